The molecule has 0 atom stereocenters. The van der Waals surface area contributed by atoms with Crippen LogP contribution in [0.3, 0.4) is 0 Å². The SMILES string of the molecule is CCC(=O)OP(CC)(CC)(CC)CC.CP(C)(C)(C)OC=O.O=COP(c1ccccc1)(c1ccccc1)(c1ccccc1)c1ccccc1. The van der Waals surface area contributed by atoms with E-state index in [9.17, 15) is 14.4 Å². The zero-order chi connectivity index (χ0) is 37.4. The minimum absolute atomic E-state index is 0.0185. The summed E-state index contributed by atoms with van der Waals surface area (Å²) in [7, 11) is 0. The van der Waals surface area contributed by atoms with Crippen LogP contribution < -0.4 is 21.2 Å². The standard InChI is InChI=1S/C25H21O2P.C11H25O2P.C5H13O2P/c26-21-27-28(22-13-5-1-6-14-22,23-15-7-2-8-16-23,24-17-9-3-10-18-24)25-19-11-4-12-20-25;1-6-11(12)13-14(7-2,8-3,9-4)10-5;1-8(2,3,4)7-5-6/h1-21H;6-10H2,1-5H3;5H,1-4H3. The summed E-state index contributed by atoms with van der Waals surface area (Å²) in [5, 5.41) is 3.96. The Morgan fingerprint density at radius 1 is 0.500 bits per heavy atom. The molecule has 0 amide bonds. The molecule has 0 radical (unpaired) electrons. The van der Waals surface area contributed by atoms with E-state index in [0.29, 0.717) is 19.4 Å². The maximum atomic E-state index is 12.1. The first-order valence-electron chi connectivity index (χ1n) is 17.4. The van der Waals surface area contributed by atoms with Crippen LogP contribution in [0, 0.1) is 0 Å². The van der Waals surface area contributed by atoms with Gasteiger partial charge in [0, 0.05) is 0 Å². The molecule has 0 aliphatic carbocycles. The van der Waals surface area contributed by atoms with E-state index in [2.05, 4.69) is 76.2 Å². The Morgan fingerprint density at radius 2 is 0.780 bits per heavy atom. The van der Waals surface area contributed by atoms with Gasteiger partial charge in [0.1, 0.15) is 0 Å². The summed E-state index contributed by atoms with van der Waals surface area (Å²) >= 11 is 0. The van der Waals surface area contributed by atoms with Crippen LogP contribution in [-0.4, -0.2) is 70.2 Å². The minimum atomic E-state index is -3.74. The predicted octanol–water partition coefficient (Wildman–Crippen LogP) is 8.56. The molecular weight excluding hydrogens is 681 g/mol. The monoisotopic (exact) mass is 740 g/mol. The summed E-state index contributed by atoms with van der Waals surface area (Å²) < 4.78 is 17.1. The number of benzene rings is 4. The third-order valence-corrected chi connectivity index (χ3v) is 23.3. The van der Waals surface area contributed by atoms with Crippen LogP contribution >= 0.6 is 20.5 Å². The van der Waals surface area contributed by atoms with Crippen molar-refractivity contribution < 1.29 is 28.0 Å². The average Bonchev–Trinajstić information content (AvgIpc) is 3.14. The van der Waals surface area contributed by atoms with Crippen molar-refractivity contribution in [2.75, 3.05) is 51.3 Å². The fourth-order valence-electron chi connectivity index (χ4n) is 6.20. The Hall–Kier alpha value is -3.42. The van der Waals surface area contributed by atoms with E-state index in [0.717, 1.165) is 45.9 Å². The molecule has 50 heavy (non-hydrogen) atoms. The van der Waals surface area contributed by atoms with Crippen LogP contribution in [0.25, 0.3) is 0 Å². The summed E-state index contributed by atoms with van der Waals surface area (Å²) in [6.45, 7) is 11.7. The van der Waals surface area contributed by atoms with Crippen LogP contribution in [-0.2, 0) is 28.0 Å². The number of carbonyl (C=O) groups is 3. The first-order chi connectivity index (χ1) is 23.6. The van der Waals surface area contributed by atoms with Crippen molar-refractivity contribution in [3.8, 4) is 0 Å². The van der Waals surface area contributed by atoms with Crippen molar-refractivity contribution >= 4 is 60.6 Å². The summed E-state index contributed by atoms with van der Waals surface area (Å²) in [5.74, 6) is -0.0185. The van der Waals surface area contributed by atoms with E-state index in [4.69, 9.17) is 13.6 Å². The molecule has 0 aliphatic rings. The third-order valence-electron chi connectivity index (χ3n) is 9.56. The van der Waals surface area contributed by atoms with Crippen molar-refractivity contribution in [1.29, 1.82) is 0 Å². The molecule has 0 aromatic heterocycles. The molecule has 0 saturated heterocycles. The Bertz CT molecular complexity index is 1430. The average molecular weight is 741 g/mol. The molecule has 0 unspecified atom stereocenters. The van der Waals surface area contributed by atoms with Crippen molar-refractivity contribution in [2.24, 2.45) is 0 Å². The van der Waals surface area contributed by atoms with Crippen molar-refractivity contribution in [1.82, 2.24) is 0 Å². The molecule has 0 N–H and O–H groups in total. The number of rotatable bonds is 14. The van der Waals surface area contributed by atoms with E-state index >= 15 is 0 Å². The quantitative estimate of drug-likeness (QED) is 0.0953. The third kappa shape index (κ3) is 9.46. The van der Waals surface area contributed by atoms with Crippen molar-refractivity contribution in [3.05, 3.63) is 121 Å². The second kappa shape index (κ2) is 17.7. The van der Waals surface area contributed by atoms with Gasteiger partial charge in [-0.2, -0.15) is 0 Å². The van der Waals surface area contributed by atoms with Gasteiger partial charge in [-0.1, -0.05) is 0 Å². The zero-order valence-electron chi connectivity index (χ0n) is 31.5. The van der Waals surface area contributed by atoms with Gasteiger partial charge >= 0.3 is 302 Å². The summed E-state index contributed by atoms with van der Waals surface area (Å²) in [5.41, 5.74) is 0. The molecule has 4 aromatic carbocycles. The first-order valence-corrected chi connectivity index (χ1v) is 26.4. The summed E-state index contributed by atoms with van der Waals surface area (Å²) in [4.78, 5) is 33.4. The molecule has 4 aromatic rings. The second-order valence-corrected chi connectivity index (χ2v) is 31.9. The van der Waals surface area contributed by atoms with Gasteiger partial charge in [0.15, 0.2) is 0 Å². The van der Waals surface area contributed by atoms with Gasteiger partial charge in [0.25, 0.3) is 0 Å². The molecule has 0 bridgehead atoms. The van der Waals surface area contributed by atoms with E-state index in [1.54, 1.807) is 0 Å². The van der Waals surface area contributed by atoms with Crippen LogP contribution in [0.5, 0.6) is 0 Å². The Morgan fingerprint density at radius 3 is 0.960 bits per heavy atom. The number of carbonyl (C=O) groups excluding carboxylic acids is 3. The fraction of sp³-hybridized carbons (Fsp3) is 0.341. The Balaban J connectivity index is 0.000000329. The van der Waals surface area contributed by atoms with Gasteiger partial charge in [0.2, 0.25) is 0 Å². The fourth-order valence-corrected chi connectivity index (χ4v) is 15.9. The molecule has 0 saturated carbocycles. The Labute approximate surface area is 301 Å². The first kappa shape index (κ1) is 42.7. The van der Waals surface area contributed by atoms with Gasteiger partial charge in [-0.15, -0.1) is 0 Å². The molecular formula is C41H59O6P3. The topological polar surface area (TPSA) is 78.9 Å². The van der Waals surface area contributed by atoms with Crippen molar-refractivity contribution in [2.45, 2.75) is 41.0 Å². The van der Waals surface area contributed by atoms with Gasteiger partial charge < -0.3 is 0 Å². The zero-order valence-corrected chi connectivity index (χ0v) is 34.2. The van der Waals surface area contributed by atoms with Gasteiger partial charge in [-0.25, -0.2) is 0 Å². The van der Waals surface area contributed by atoms with E-state index in [1.807, 2.05) is 106 Å². The molecule has 9 heteroatoms. The molecule has 6 nitrogen and oxygen atoms in total. The second-order valence-electron chi connectivity index (χ2n) is 14.1. The van der Waals surface area contributed by atoms with Crippen LogP contribution in [0.2, 0.25) is 0 Å². The maximum absolute atomic E-state index is 12.1. The van der Waals surface area contributed by atoms with E-state index in [1.165, 1.54) is 0 Å². The number of hydrogen-bond acceptors (Lipinski definition) is 6. The molecule has 274 valence electrons. The normalized spacial score (nSPS) is 13.7. The Kier molecular flexibility index (Phi) is 15.1. The van der Waals surface area contributed by atoms with Crippen LogP contribution in [0.4, 0.5) is 0 Å². The molecule has 0 aliphatic heterocycles. The summed E-state index contributed by atoms with van der Waals surface area (Å²) in [6.07, 6.45) is 4.61. The molecule has 0 heterocycles. The molecule has 0 fully saturated rings. The van der Waals surface area contributed by atoms with Crippen LogP contribution in [0.1, 0.15) is 41.0 Å². The van der Waals surface area contributed by atoms with E-state index in [-0.39, 0.29) is 5.97 Å². The van der Waals surface area contributed by atoms with Gasteiger partial charge in [0.05, 0.1) is 0 Å². The van der Waals surface area contributed by atoms with Crippen molar-refractivity contribution in [3.63, 3.8) is 0 Å². The van der Waals surface area contributed by atoms with Gasteiger partial charge in [-0.05, 0) is 0 Å². The van der Waals surface area contributed by atoms with Gasteiger partial charge in [-0.3, -0.25) is 0 Å². The molecule has 0 spiro atoms. The van der Waals surface area contributed by atoms with E-state index < -0.39 is 20.5 Å². The number of hydrogen-bond donors (Lipinski definition) is 0. The van der Waals surface area contributed by atoms with Crippen LogP contribution in [0.15, 0.2) is 121 Å². The predicted molar refractivity (Wildman–Crippen MR) is 222 cm³/mol. The molecule has 4 rings (SSSR count). The summed E-state index contributed by atoms with van der Waals surface area (Å²) in [6, 6.07) is 40.4.